The number of rotatable bonds is 8. The van der Waals surface area contributed by atoms with Gasteiger partial charge >= 0.3 is 0 Å². The van der Waals surface area contributed by atoms with Gasteiger partial charge in [0.05, 0.1) is 0 Å². The summed E-state index contributed by atoms with van der Waals surface area (Å²) in [5, 5.41) is 0. The van der Waals surface area contributed by atoms with Crippen molar-refractivity contribution in [2.45, 2.75) is 82.1 Å². The first kappa shape index (κ1) is 20.3. The third kappa shape index (κ3) is 3.73. The largest absolute Gasteiger partial charge is 0.466 e. The molecule has 0 aliphatic heterocycles. The lowest BCUT2D eigenvalue weighted by molar-refractivity contribution is 0.0317. The van der Waals surface area contributed by atoms with Crippen LogP contribution >= 0.6 is 0 Å². The lowest BCUT2D eigenvalue weighted by Gasteiger charge is -2.46. The summed E-state index contributed by atoms with van der Waals surface area (Å²) >= 11 is 0. The molecule has 0 bridgehead atoms. The Balaban J connectivity index is 5.25. The van der Waals surface area contributed by atoms with E-state index in [0.29, 0.717) is 0 Å². The van der Waals surface area contributed by atoms with Crippen LogP contribution in [0, 0.1) is 21.7 Å². The maximum absolute atomic E-state index is 6.17. The predicted molar refractivity (Wildman–Crippen MR) is 95.1 cm³/mol. The minimum absolute atomic E-state index is 0.100. The summed E-state index contributed by atoms with van der Waals surface area (Å²) in [5.41, 5.74) is 0.0673. The van der Waals surface area contributed by atoms with Gasteiger partial charge in [-0.2, -0.15) is 0 Å². The second kappa shape index (κ2) is 6.18. The molecule has 0 saturated carbocycles. The third-order valence-corrected chi connectivity index (χ3v) is 6.79. The Labute approximate surface area is 133 Å². The molecule has 0 radical (unpaired) electrons. The molecule has 0 fully saturated rings. The van der Waals surface area contributed by atoms with Gasteiger partial charge in [-0.1, -0.05) is 95.2 Å². The molecular formula is C20H38O. The average Bonchev–Trinajstić information content (AvgIpc) is 2.37. The minimum Gasteiger partial charge on any atom is -0.466 e. The van der Waals surface area contributed by atoms with E-state index in [2.05, 4.69) is 82.4 Å². The van der Waals surface area contributed by atoms with E-state index in [1.165, 1.54) is 0 Å². The van der Waals surface area contributed by atoms with E-state index in [9.17, 15) is 0 Å². The van der Waals surface area contributed by atoms with Crippen LogP contribution in [0.25, 0.3) is 0 Å². The molecule has 0 heterocycles. The van der Waals surface area contributed by atoms with Crippen molar-refractivity contribution in [3.8, 4) is 0 Å². The minimum atomic E-state index is -0.100. The smallest absolute Gasteiger partial charge is 0.103 e. The third-order valence-electron chi connectivity index (χ3n) is 6.79. The van der Waals surface area contributed by atoms with Crippen LogP contribution in [0.3, 0.4) is 0 Å². The molecule has 0 aliphatic rings. The molecule has 1 nitrogen and oxygen atoms in total. The van der Waals surface area contributed by atoms with E-state index in [4.69, 9.17) is 4.74 Å². The highest BCUT2D eigenvalue weighted by Crippen LogP contribution is 2.50. The van der Waals surface area contributed by atoms with Crippen LogP contribution in [0.4, 0.5) is 0 Å². The summed E-state index contributed by atoms with van der Waals surface area (Å²) < 4.78 is 6.17. The van der Waals surface area contributed by atoms with Crippen LogP contribution < -0.4 is 0 Å². The van der Waals surface area contributed by atoms with Gasteiger partial charge in [-0.3, -0.25) is 0 Å². The van der Waals surface area contributed by atoms with Crippen LogP contribution in [0.5, 0.6) is 0 Å². The highest BCUT2D eigenvalue weighted by atomic mass is 16.5. The summed E-state index contributed by atoms with van der Waals surface area (Å²) in [5.74, 6) is 1.64. The highest BCUT2D eigenvalue weighted by Gasteiger charge is 2.43. The van der Waals surface area contributed by atoms with Crippen molar-refractivity contribution in [1.82, 2.24) is 0 Å². The van der Waals surface area contributed by atoms with Crippen molar-refractivity contribution in [2.24, 2.45) is 21.7 Å². The molecule has 0 amide bonds. The molecule has 21 heavy (non-hydrogen) atoms. The molecule has 0 aromatic carbocycles. The standard InChI is InChI=1S/C20H38O/c1-13-17(5,6)19(9,10)15(3)21-16(4)20(11,12)18(7,8)14-2/h3-4,13-14H2,1-2,5-12H3. The lowest BCUT2D eigenvalue weighted by Crippen LogP contribution is -2.37. The lowest BCUT2D eigenvalue weighted by atomic mass is 9.64. The Morgan fingerprint density at radius 3 is 1.10 bits per heavy atom. The Morgan fingerprint density at radius 1 is 0.667 bits per heavy atom. The molecule has 0 saturated heterocycles. The van der Waals surface area contributed by atoms with Gasteiger partial charge in [0, 0.05) is 10.8 Å². The zero-order valence-corrected chi connectivity index (χ0v) is 16.2. The number of hydrogen-bond donors (Lipinski definition) is 0. The Morgan fingerprint density at radius 2 is 0.905 bits per heavy atom. The van der Waals surface area contributed by atoms with E-state index in [-0.39, 0.29) is 21.7 Å². The van der Waals surface area contributed by atoms with Gasteiger partial charge in [0.15, 0.2) is 0 Å². The first-order chi connectivity index (χ1) is 9.17. The molecule has 0 rings (SSSR count). The first-order valence-corrected chi connectivity index (χ1v) is 8.24. The summed E-state index contributed by atoms with van der Waals surface area (Å²) in [6, 6.07) is 0. The molecular weight excluding hydrogens is 256 g/mol. The van der Waals surface area contributed by atoms with Crippen LogP contribution in [-0.2, 0) is 4.74 Å². The molecule has 0 N–H and O–H groups in total. The van der Waals surface area contributed by atoms with Crippen molar-refractivity contribution < 1.29 is 4.74 Å². The van der Waals surface area contributed by atoms with E-state index >= 15 is 0 Å². The summed E-state index contributed by atoms with van der Waals surface area (Å²) in [7, 11) is 0. The van der Waals surface area contributed by atoms with Gasteiger partial charge in [-0.25, -0.2) is 0 Å². The zero-order chi connectivity index (χ0) is 17.3. The zero-order valence-electron chi connectivity index (χ0n) is 16.2. The summed E-state index contributed by atoms with van der Waals surface area (Å²) in [6.07, 6.45) is 2.16. The fourth-order valence-electron chi connectivity index (χ4n) is 2.04. The fraction of sp³-hybridized carbons (Fsp3) is 0.800. The Kier molecular flexibility index (Phi) is 5.97. The van der Waals surface area contributed by atoms with Gasteiger partial charge in [-0.15, -0.1) is 0 Å². The molecule has 0 spiro atoms. The molecule has 1 heteroatoms. The molecule has 0 aromatic rings. The van der Waals surface area contributed by atoms with E-state index in [1.54, 1.807) is 0 Å². The van der Waals surface area contributed by atoms with Crippen LogP contribution in [-0.4, -0.2) is 0 Å². The Bertz CT molecular complexity index is 356. The van der Waals surface area contributed by atoms with Crippen LogP contribution in [0.1, 0.15) is 82.1 Å². The SMILES string of the molecule is C=C(OC(=C)C(C)(C)C(C)(C)CC)C(C)(C)C(C)(C)CC. The Hall–Kier alpha value is -0.720. The van der Waals surface area contributed by atoms with Crippen molar-refractivity contribution in [3.63, 3.8) is 0 Å². The fourth-order valence-corrected chi connectivity index (χ4v) is 2.04. The van der Waals surface area contributed by atoms with Crippen molar-refractivity contribution in [1.29, 1.82) is 0 Å². The van der Waals surface area contributed by atoms with Gasteiger partial charge in [-0.05, 0) is 10.8 Å². The maximum atomic E-state index is 6.17. The molecule has 124 valence electrons. The van der Waals surface area contributed by atoms with Gasteiger partial charge in [0.2, 0.25) is 0 Å². The van der Waals surface area contributed by atoms with Crippen LogP contribution in [0.2, 0.25) is 0 Å². The van der Waals surface area contributed by atoms with E-state index in [1.807, 2.05) is 0 Å². The maximum Gasteiger partial charge on any atom is 0.103 e. The molecule has 0 aromatic heterocycles. The second-order valence-corrected chi connectivity index (χ2v) is 8.67. The van der Waals surface area contributed by atoms with Gasteiger partial charge < -0.3 is 4.74 Å². The van der Waals surface area contributed by atoms with E-state index in [0.717, 1.165) is 24.4 Å². The van der Waals surface area contributed by atoms with E-state index < -0.39 is 0 Å². The van der Waals surface area contributed by atoms with Gasteiger partial charge in [0.1, 0.15) is 11.5 Å². The molecule has 0 aliphatic carbocycles. The molecule has 0 atom stereocenters. The summed E-state index contributed by atoms with van der Waals surface area (Å²) in [6.45, 7) is 30.8. The first-order valence-electron chi connectivity index (χ1n) is 8.24. The normalized spacial score (nSPS) is 14.0. The average molecular weight is 295 g/mol. The molecule has 0 unspecified atom stereocenters. The number of hydrogen-bond acceptors (Lipinski definition) is 1. The van der Waals surface area contributed by atoms with Crippen molar-refractivity contribution >= 4 is 0 Å². The number of ether oxygens (including phenoxy) is 1. The highest BCUT2D eigenvalue weighted by molar-refractivity contribution is 5.13. The quantitative estimate of drug-likeness (QED) is 0.440. The summed E-state index contributed by atoms with van der Waals surface area (Å²) in [4.78, 5) is 0. The van der Waals surface area contributed by atoms with Crippen molar-refractivity contribution in [2.75, 3.05) is 0 Å². The van der Waals surface area contributed by atoms with Gasteiger partial charge in [0.25, 0.3) is 0 Å². The topological polar surface area (TPSA) is 9.23 Å². The number of allylic oxidation sites excluding steroid dienone is 2. The monoisotopic (exact) mass is 294 g/mol. The van der Waals surface area contributed by atoms with Crippen molar-refractivity contribution in [3.05, 3.63) is 24.7 Å². The van der Waals surface area contributed by atoms with Crippen LogP contribution in [0.15, 0.2) is 24.7 Å². The second-order valence-electron chi connectivity index (χ2n) is 8.67. The predicted octanol–water partition coefficient (Wildman–Crippen LogP) is 6.96.